The van der Waals surface area contributed by atoms with Gasteiger partial charge in [-0.2, -0.15) is 5.10 Å². The van der Waals surface area contributed by atoms with Crippen LogP contribution in [0, 0.1) is 19.8 Å². The average Bonchev–Trinajstić information content (AvgIpc) is 3.08. The van der Waals surface area contributed by atoms with Crippen molar-refractivity contribution in [2.75, 3.05) is 6.61 Å². The first-order valence-electron chi connectivity index (χ1n) is 6.50. The van der Waals surface area contributed by atoms with Crippen molar-refractivity contribution in [1.82, 2.24) is 15.1 Å². The molecule has 1 fully saturated rings. The number of hydrogen-bond donors (Lipinski definition) is 2. The molecule has 0 aromatic carbocycles. The second kappa shape index (κ2) is 5.19. The van der Waals surface area contributed by atoms with E-state index in [-0.39, 0.29) is 6.61 Å². The molecule has 0 spiro atoms. The summed E-state index contributed by atoms with van der Waals surface area (Å²) in [4.78, 5) is 0. The summed E-state index contributed by atoms with van der Waals surface area (Å²) in [5.74, 6) is 0.878. The van der Waals surface area contributed by atoms with Crippen LogP contribution in [-0.4, -0.2) is 27.5 Å². The van der Waals surface area contributed by atoms with E-state index >= 15 is 0 Å². The van der Waals surface area contributed by atoms with Gasteiger partial charge in [-0.15, -0.1) is 0 Å². The van der Waals surface area contributed by atoms with Crippen LogP contribution in [0.2, 0.25) is 0 Å². The fourth-order valence-electron chi connectivity index (χ4n) is 2.33. The van der Waals surface area contributed by atoms with E-state index in [1.165, 1.54) is 24.1 Å². The van der Waals surface area contributed by atoms with Crippen molar-refractivity contribution in [1.29, 1.82) is 0 Å². The van der Waals surface area contributed by atoms with E-state index in [1.807, 2.05) is 11.6 Å². The molecule has 1 aromatic rings. The summed E-state index contributed by atoms with van der Waals surface area (Å²) in [6, 6.07) is 0.606. The quantitative estimate of drug-likeness (QED) is 0.786. The van der Waals surface area contributed by atoms with Gasteiger partial charge in [-0.05, 0) is 39.5 Å². The van der Waals surface area contributed by atoms with Crippen molar-refractivity contribution in [3.05, 3.63) is 17.0 Å². The molecule has 2 N–H and O–H groups in total. The first kappa shape index (κ1) is 12.6. The Labute approximate surface area is 103 Å². The van der Waals surface area contributed by atoms with Crippen molar-refractivity contribution < 1.29 is 5.11 Å². The van der Waals surface area contributed by atoms with Gasteiger partial charge in [0, 0.05) is 23.8 Å². The van der Waals surface area contributed by atoms with Crippen LogP contribution < -0.4 is 5.32 Å². The zero-order valence-corrected chi connectivity index (χ0v) is 11.0. The van der Waals surface area contributed by atoms with Gasteiger partial charge in [0.1, 0.15) is 0 Å². The van der Waals surface area contributed by atoms with E-state index in [4.69, 9.17) is 5.11 Å². The SMILES string of the molecule is Cc1nn(CCO)c(C)c1CNC(C)C1CC1. The summed E-state index contributed by atoms with van der Waals surface area (Å²) >= 11 is 0. The molecule has 4 heteroatoms. The molecule has 0 bridgehead atoms. The van der Waals surface area contributed by atoms with E-state index in [2.05, 4.69) is 24.3 Å². The predicted octanol–water partition coefficient (Wildman–Crippen LogP) is 1.38. The molecule has 1 unspecified atom stereocenters. The molecular weight excluding hydrogens is 214 g/mol. The molecule has 0 aliphatic heterocycles. The maximum Gasteiger partial charge on any atom is 0.0644 e. The first-order chi connectivity index (χ1) is 8.13. The Hall–Kier alpha value is -0.870. The average molecular weight is 237 g/mol. The molecule has 1 atom stereocenters. The predicted molar refractivity (Wildman–Crippen MR) is 67.8 cm³/mol. The molecule has 96 valence electrons. The molecule has 1 aliphatic rings. The Morgan fingerprint density at radius 3 is 2.76 bits per heavy atom. The van der Waals surface area contributed by atoms with Crippen LogP contribution in [0.5, 0.6) is 0 Å². The van der Waals surface area contributed by atoms with Crippen molar-refractivity contribution >= 4 is 0 Å². The summed E-state index contributed by atoms with van der Waals surface area (Å²) in [5, 5.41) is 17.0. The van der Waals surface area contributed by atoms with Crippen molar-refractivity contribution in [3.63, 3.8) is 0 Å². The number of aliphatic hydroxyl groups excluding tert-OH is 1. The third-order valence-electron chi connectivity index (χ3n) is 3.77. The van der Waals surface area contributed by atoms with Crippen LogP contribution in [0.4, 0.5) is 0 Å². The highest BCUT2D eigenvalue weighted by Crippen LogP contribution is 2.32. The Kier molecular flexibility index (Phi) is 3.84. The van der Waals surface area contributed by atoms with Crippen LogP contribution in [0.1, 0.15) is 36.7 Å². The van der Waals surface area contributed by atoms with Gasteiger partial charge in [-0.3, -0.25) is 4.68 Å². The topological polar surface area (TPSA) is 50.1 Å². The fourth-order valence-corrected chi connectivity index (χ4v) is 2.33. The Morgan fingerprint density at radius 2 is 2.18 bits per heavy atom. The third kappa shape index (κ3) is 2.87. The molecule has 4 nitrogen and oxygen atoms in total. The Morgan fingerprint density at radius 1 is 1.47 bits per heavy atom. The molecule has 1 aromatic heterocycles. The second-order valence-corrected chi connectivity index (χ2v) is 5.10. The highest BCUT2D eigenvalue weighted by molar-refractivity contribution is 5.24. The van der Waals surface area contributed by atoms with Crippen LogP contribution in [0.3, 0.4) is 0 Å². The van der Waals surface area contributed by atoms with E-state index < -0.39 is 0 Å². The zero-order chi connectivity index (χ0) is 12.4. The number of aryl methyl sites for hydroxylation is 1. The molecule has 1 heterocycles. The highest BCUT2D eigenvalue weighted by Gasteiger charge is 2.27. The monoisotopic (exact) mass is 237 g/mol. The van der Waals surface area contributed by atoms with E-state index in [1.54, 1.807) is 0 Å². The normalized spacial score (nSPS) is 17.4. The summed E-state index contributed by atoms with van der Waals surface area (Å²) in [6.07, 6.45) is 2.74. The number of nitrogens with zero attached hydrogens (tertiary/aromatic N) is 2. The molecule has 2 rings (SSSR count). The molecule has 17 heavy (non-hydrogen) atoms. The van der Waals surface area contributed by atoms with Gasteiger partial charge >= 0.3 is 0 Å². The van der Waals surface area contributed by atoms with Gasteiger partial charge in [-0.1, -0.05) is 0 Å². The fraction of sp³-hybridized carbons (Fsp3) is 0.769. The van der Waals surface area contributed by atoms with Gasteiger partial charge < -0.3 is 10.4 Å². The Balaban J connectivity index is 1.98. The summed E-state index contributed by atoms with van der Waals surface area (Å²) < 4.78 is 1.90. The number of nitrogens with one attached hydrogen (secondary N) is 1. The van der Waals surface area contributed by atoms with Crippen LogP contribution in [-0.2, 0) is 13.1 Å². The maximum absolute atomic E-state index is 8.97. The second-order valence-electron chi connectivity index (χ2n) is 5.10. The zero-order valence-electron chi connectivity index (χ0n) is 11.0. The van der Waals surface area contributed by atoms with Gasteiger partial charge in [0.15, 0.2) is 0 Å². The maximum atomic E-state index is 8.97. The summed E-state index contributed by atoms with van der Waals surface area (Å²) in [5.41, 5.74) is 3.53. The van der Waals surface area contributed by atoms with Crippen molar-refractivity contribution in [2.45, 2.75) is 52.7 Å². The van der Waals surface area contributed by atoms with E-state index in [0.717, 1.165) is 18.2 Å². The lowest BCUT2D eigenvalue weighted by atomic mass is 10.1. The minimum Gasteiger partial charge on any atom is -0.394 e. The molecule has 0 amide bonds. The number of rotatable bonds is 6. The number of aliphatic hydroxyl groups is 1. The Bertz CT molecular complexity index is 382. The highest BCUT2D eigenvalue weighted by atomic mass is 16.3. The largest absolute Gasteiger partial charge is 0.394 e. The smallest absolute Gasteiger partial charge is 0.0644 e. The van der Waals surface area contributed by atoms with Gasteiger partial charge in [-0.25, -0.2) is 0 Å². The molecule has 1 saturated carbocycles. The lowest BCUT2D eigenvalue weighted by Gasteiger charge is -2.12. The van der Waals surface area contributed by atoms with Crippen molar-refractivity contribution in [2.24, 2.45) is 5.92 Å². The first-order valence-corrected chi connectivity index (χ1v) is 6.50. The molecule has 0 saturated heterocycles. The molecule has 1 aliphatic carbocycles. The van der Waals surface area contributed by atoms with Crippen LogP contribution in [0.15, 0.2) is 0 Å². The van der Waals surface area contributed by atoms with Crippen molar-refractivity contribution in [3.8, 4) is 0 Å². The van der Waals surface area contributed by atoms with Gasteiger partial charge in [0.2, 0.25) is 0 Å². The third-order valence-corrected chi connectivity index (χ3v) is 3.77. The molecular formula is C13H23N3O. The number of hydrogen-bond acceptors (Lipinski definition) is 3. The summed E-state index contributed by atoms with van der Waals surface area (Å²) in [7, 11) is 0. The van der Waals surface area contributed by atoms with Gasteiger partial charge in [0.25, 0.3) is 0 Å². The van der Waals surface area contributed by atoms with E-state index in [0.29, 0.717) is 12.6 Å². The molecule has 0 radical (unpaired) electrons. The van der Waals surface area contributed by atoms with Crippen LogP contribution >= 0.6 is 0 Å². The van der Waals surface area contributed by atoms with E-state index in [9.17, 15) is 0 Å². The lowest BCUT2D eigenvalue weighted by molar-refractivity contribution is 0.267. The minimum atomic E-state index is 0.146. The van der Waals surface area contributed by atoms with Crippen LogP contribution in [0.25, 0.3) is 0 Å². The number of aromatic nitrogens is 2. The lowest BCUT2D eigenvalue weighted by Crippen LogP contribution is -2.27. The van der Waals surface area contributed by atoms with Gasteiger partial charge in [0.05, 0.1) is 18.8 Å². The standard InChI is InChI=1S/C13H23N3O/c1-9(12-4-5-12)14-8-13-10(2)15-16(6-7-17)11(13)3/h9,12,14,17H,4-8H2,1-3H3. The summed E-state index contributed by atoms with van der Waals surface area (Å²) in [6.45, 7) is 8.01. The minimum absolute atomic E-state index is 0.146.